The minimum Gasteiger partial charge on any atom is -0.497 e. The Hall–Kier alpha value is -3.54. The van der Waals surface area contributed by atoms with Crippen molar-refractivity contribution in [1.29, 1.82) is 0 Å². The Labute approximate surface area is 171 Å². The van der Waals surface area contributed by atoms with Crippen LogP contribution in [-0.2, 0) is 6.54 Å². The number of benzene rings is 2. The number of rotatable bonds is 8. The van der Waals surface area contributed by atoms with E-state index in [0.717, 1.165) is 18.9 Å². The summed E-state index contributed by atoms with van der Waals surface area (Å²) in [6.45, 7) is 3.56. The fraction of sp³-hybridized carbons (Fsp3) is 0.217. The molecule has 3 aromatic rings. The third-order valence-corrected chi connectivity index (χ3v) is 4.58. The van der Waals surface area contributed by atoms with E-state index >= 15 is 0 Å². The minimum absolute atomic E-state index is 0.240. The first-order valence-corrected chi connectivity index (χ1v) is 9.43. The average Bonchev–Trinajstić information content (AvgIpc) is 2.78. The highest BCUT2D eigenvalue weighted by Gasteiger charge is 2.14. The van der Waals surface area contributed by atoms with E-state index in [1.54, 1.807) is 50.7 Å². The van der Waals surface area contributed by atoms with Crippen LogP contribution in [0.1, 0.15) is 22.8 Å². The van der Waals surface area contributed by atoms with Gasteiger partial charge in [-0.3, -0.25) is 4.79 Å². The Kier molecular flexibility index (Phi) is 6.68. The fourth-order valence-electron chi connectivity index (χ4n) is 3.00. The van der Waals surface area contributed by atoms with Crippen molar-refractivity contribution in [3.05, 3.63) is 78.0 Å². The van der Waals surface area contributed by atoms with Gasteiger partial charge >= 0.3 is 0 Å². The first kappa shape index (κ1) is 20.2. The number of pyridine rings is 1. The van der Waals surface area contributed by atoms with Gasteiger partial charge in [0.15, 0.2) is 0 Å². The van der Waals surface area contributed by atoms with E-state index in [2.05, 4.69) is 34.3 Å². The zero-order valence-corrected chi connectivity index (χ0v) is 16.9. The Bertz CT molecular complexity index is 961. The number of methoxy groups -OCH3 is 2. The van der Waals surface area contributed by atoms with Crippen molar-refractivity contribution in [2.24, 2.45) is 0 Å². The van der Waals surface area contributed by atoms with Gasteiger partial charge in [0.05, 0.1) is 19.9 Å². The third-order valence-electron chi connectivity index (χ3n) is 4.58. The summed E-state index contributed by atoms with van der Waals surface area (Å²) in [4.78, 5) is 19.4. The highest BCUT2D eigenvalue weighted by Crippen LogP contribution is 2.29. The van der Waals surface area contributed by atoms with Gasteiger partial charge in [-0.1, -0.05) is 30.3 Å². The van der Waals surface area contributed by atoms with Crippen LogP contribution in [0.2, 0.25) is 0 Å². The van der Waals surface area contributed by atoms with E-state index in [4.69, 9.17) is 9.47 Å². The van der Waals surface area contributed by atoms with E-state index in [9.17, 15) is 4.79 Å². The number of amides is 1. The summed E-state index contributed by atoms with van der Waals surface area (Å²) < 4.78 is 10.6. The normalized spacial score (nSPS) is 10.3. The SMILES string of the molecule is CCN(Cc1ccccc1)c1cc(C(=O)Nc2cc(OC)ccc2OC)ccn1. The summed E-state index contributed by atoms with van der Waals surface area (Å²) in [5, 5.41) is 2.90. The lowest BCUT2D eigenvalue weighted by atomic mass is 10.2. The molecule has 0 fully saturated rings. The van der Waals surface area contributed by atoms with E-state index in [1.807, 2.05) is 18.2 Å². The second kappa shape index (κ2) is 9.59. The quantitative estimate of drug-likeness (QED) is 0.617. The number of aromatic nitrogens is 1. The predicted octanol–water partition coefficient (Wildman–Crippen LogP) is 4.38. The van der Waals surface area contributed by atoms with E-state index in [-0.39, 0.29) is 5.91 Å². The summed E-state index contributed by atoms with van der Waals surface area (Å²) in [6.07, 6.45) is 1.65. The summed E-state index contributed by atoms with van der Waals surface area (Å²) in [5.74, 6) is 1.71. The van der Waals surface area contributed by atoms with Gasteiger partial charge in [-0.15, -0.1) is 0 Å². The van der Waals surface area contributed by atoms with Crippen molar-refractivity contribution in [3.63, 3.8) is 0 Å². The summed E-state index contributed by atoms with van der Waals surface area (Å²) in [7, 11) is 3.14. The van der Waals surface area contributed by atoms with Crippen molar-refractivity contribution >= 4 is 17.4 Å². The molecule has 0 saturated carbocycles. The number of hydrogen-bond acceptors (Lipinski definition) is 5. The summed E-state index contributed by atoms with van der Waals surface area (Å²) >= 11 is 0. The molecule has 2 aromatic carbocycles. The Morgan fingerprint density at radius 2 is 1.83 bits per heavy atom. The van der Waals surface area contributed by atoms with Crippen LogP contribution >= 0.6 is 0 Å². The second-order valence-electron chi connectivity index (χ2n) is 6.42. The maximum absolute atomic E-state index is 12.8. The van der Waals surface area contributed by atoms with Crippen LogP contribution in [-0.4, -0.2) is 31.7 Å². The van der Waals surface area contributed by atoms with Gasteiger partial charge in [0.25, 0.3) is 5.91 Å². The number of ether oxygens (including phenoxy) is 2. The van der Waals surface area contributed by atoms with Gasteiger partial charge in [-0.2, -0.15) is 0 Å². The molecule has 0 saturated heterocycles. The van der Waals surface area contributed by atoms with Gasteiger partial charge < -0.3 is 19.7 Å². The molecular formula is C23H25N3O3. The van der Waals surface area contributed by atoms with Crippen LogP contribution in [0.5, 0.6) is 11.5 Å². The monoisotopic (exact) mass is 391 g/mol. The lowest BCUT2D eigenvalue weighted by Crippen LogP contribution is -2.23. The van der Waals surface area contributed by atoms with Gasteiger partial charge in [-0.05, 0) is 36.8 Å². The zero-order valence-electron chi connectivity index (χ0n) is 16.9. The maximum Gasteiger partial charge on any atom is 0.255 e. The molecule has 1 N–H and O–H groups in total. The third kappa shape index (κ3) is 5.04. The van der Waals surface area contributed by atoms with Crippen molar-refractivity contribution < 1.29 is 14.3 Å². The van der Waals surface area contributed by atoms with Crippen LogP contribution in [0.25, 0.3) is 0 Å². The Balaban J connectivity index is 1.80. The fourth-order valence-corrected chi connectivity index (χ4v) is 3.00. The molecule has 0 atom stereocenters. The number of nitrogens with zero attached hydrogens (tertiary/aromatic N) is 2. The largest absolute Gasteiger partial charge is 0.497 e. The summed E-state index contributed by atoms with van der Waals surface area (Å²) in [6, 6.07) is 18.9. The molecule has 0 unspecified atom stereocenters. The molecule has 3 rings (SSSR count). The highest BCUT2D eigenvalue weighted by atomic mass is 16.5. The molecule has 0 aliphatic rings. The van der Waals surface area contributed by atoms with Gasteiger partial charge in [-0.25, -0.2) is 4.98 Å². The minimum atomic E-state index is -0.240. The predicted molar refractivity (Wildman–Crippen MR) is 115 cm³/mol. The van der Waals surface area contributed by atoms with Crippen LogP contribution in [0, 0.1) is 0 Å². The number of hydrogen-bond donors (Lipinski definition) is 1. The molecule has 0 spiro atoms. The smallest absolute Gasteiger partial charge is 0.255 e. The molecule has 0 radical (unpaired) electrons. The number of nitrogens with one attached hydrogen (secondary N) is 1. The van der Waals surface area contributed by atoms with Crippen LogP contribution in [0.15, 0.2) is 66.9 Å². The van der Waals surface area contributed by atoms with Gasteiger partial charge in [0.2, 0.25) is 0 Å². The van der Waals surface area contributed by atoms with Crippen molar-refractivity contribution in [3.8, 4) is 11.5 Å². The van der Waals surface area contributed by atoms with Crippen molar-refractivity contribution in [2.75, 3.05) is 31.0 Å². The second-order valence-corrected chi connectivity index (χ2v) is 6.42. The van der Waals surface area contributed by atoms with E-state index in [1.165, 1.54) is 5.56 Å². The standard InChI is InChI=1S/C23H25N3O3/c1-4-26(16-17-8-6-5-7-9-17)22-14-18(12-13-24-22)23(27)25-20-15-19(28-2)10-11-21(20)29-3/h5-15H,4,16H2,1-3H3,(H,25,27). The lowest BCUT2D eigenvalue weighted by molar-refractivity contribution is 0.102. The molecule has 6 nitrogen and oxygen atoms in total. The topological polar surface area (TPSA) is 63.7 Å². The highest BCUT2D eigenvalue weighted by molar-refractivity contribution is 6.05. The number of carbonyl (C=O) groups excluding carboxylic acids is 1. The van der Waals surface area contributed by atoms with Gasteiger partial charge in [0, 0.05) is 30.9 Å². The zero-order chi connectivity index (χ0) is 20.6. The first-order chi connectivity index (χ1) is 14.1. The number of carbonyl (C=O) groups is 1. The Morgan fingerprint density at radius 3 is 2.52 bits per heavy atom. The molecular weight excluding hydrogens is 366 g/mol. The van der Waals surface area contributed by atoms with Crippen LogP contribution < -0.4 is 19.7 Å². The Morgan fingerprint density at radius 1 is 1.03 bits per heavy atom. The van der Waals surface area contributed by atoms with E-state index < -0.39 is 0 Å². The molecule has 1 heterocycles. The molecule has 1 amide bonds. The molecule has 0 aliphatic heterocycles. The van der Waals surface area contributed by atoms with Gasteiger partial charge in [0.1, 0.15) is 17.3 Å². The van der Waals surface area contributed by atoms with E-state index in [0.29, 0.717) is 22.7 Å². The molecule has 29 heavy (non-hydrogen) atoms. The molecule has 1 aromatic heterocycles. The molecule has 6 heteroatoms. The molecule has 0 bridgehead atoms. The van der Waals surface area contributed by atoms with Crippen LogP contribution in [0.4, 0.5) is 11.5 Å². The average molecular weight is 391 g/mol. The van der Waals surface area contributed by atoms with Crippen molar-refractivity contribution in [2.45, 2.75) is 13.5 Å². The lowest BCUT2D eigenvalue weighted by Gasteiger charge is -2.22. The molecule has 0 aliphatic carbocycles. The maximum atomic E-state index is 12.8. The first-order valence-electron chi connectivity index (χ1n) is 9.43. The van der Waals surface area contributed by atoms with Crippen LogP contribution in [0.3, 0.4) is 0 Å². The van der Waals surface area contributed by atoms with Crippen molar-refractivity contribution in [1.82, 2.24) is 4.98 Å². The number of anilines is 2. The summed E-state index contributed by atoms with van der Waals surface area (Å²) in [5.41, 5.74) is 2.25. The molecule has 150 valence electrons.